The summed E-state index contributed by atoms with van der Waals surface area (Å²) < 4.78 is 19.8. The molecule has 0 bridgehead atoms. The summed E-state index contributed by atoms with van der Waals surface area (Å²) in [6.07, 6.45) is 1.34. The number of amides is 2. The van der Waals surface area contributed by atoms with E-state index in [-0.39, 0.29) is 23.8 Å². The smallest absolute Gasteiger partial charge is 0.294 e. The first kappa shape index (κ1) is 20.6. The number of para-hydroxylation sites is 2. The Balaban J connectivity index is 1.55. The molecule has 1 aliphatic rings. The number of ether oxygens (including phenoxy) is 1. The zero-order valence-electron chi connectivity index (χ0n) is 16.3. The standard InChI is InChI=1S/C24H18ClFN2O3/c25-18-11-9-16(10-12-18)14-27-23(29)15-28-20-7-3-4-8-21(20)31-22(24(28)30)13-17-5-1-2-6-19(17)26/h1-13H,14-15H2,(H,27,29)/b22-13-. The monoisotopic (exact) mass is 436 g/mol. The summed E-state index contributed by atoms with van der Waals surface area (Å²) >= 11 is 5.88. The second-order valence-electron chi connectivity index (χ2n) is 6.89. The van der Waals surface area contributed by atoms with Crippen molar-refractivity contribution in [2.75, 3.05) is 11.4 Å². The van der Waals surface area contributed by atoms with E-state index in [1.807, 2.05) is 12.1 Å². The van der Waals surface area contributed by atoms with Crippen molar-refractivity contribution >= 4 is 35.2 Å². The number of rotatable bonds is 5. The molecule has 0 aromatic heterocycles. The highest BCUT2D eigenvalue weighted by Gasteiger charge is 2.31. The normalized spacial score (nSPS) is 14.2. The van der Waals surface area contributed by atoms with Crippen molar-refractivity contribution in [1.29, 1.82) is 0 Å². The van der Waals surface area contributed by atoms with Crippen molar-refractivity contribution in [3.63, 3.8) is 0 Å². The Morgan fingerprint density at radius 1 is 1.03 bits per heavy atom. The van der Waals surface area contributed by atoms with Gasteiger partial charge in [0.05, 0.1) is 5.69 Å². The van der Waals surface area contributed by atoms with Crippen LogP contribution in [0.25, 0.3) is 6.08 Å². The van der Waals surface area contributed by atoms with E-state index in [4.69, 9.17) is 16.3 Å². The van der Waals surface area contributed by atoms with Crippen molar-refractivity contribution in [3.8, 4) is 5.75 Å². The van der Waals surface area contributed by atoms with Gasteiger partial charge in [-0.1, -0.05) is 54.1 Å². The van der Waals surface area contributed by atoms with E-state index in [2.05, 4.69) is 5.32 Å². The van der Waals surface area contributed by atoms with Gasteiger partial charge in [-0.3, -0.25) is 14.5 Å². The summed E-state index contributed by atoms with van der Waals surface area (Å²) in [7, 11) is 0. The Hall–Kier alpha value is -3.64. The summed E-state index contributed by atoms with van der Waals surface area (Å²) in [5.41, 5.74) is 1.57. The lowest BCUT2D eigenvalue weighted by atomic mass is 10.1. The minimum atomic E-state index is -0.524. The van der Waals surface area contributed by atoms with Gasteiger partial charge in [0, 0.05) is 17.1 Å². The summed E-state index contributed by atoms with van der Waals surface area (Å²) in [4.78, 5) is 27.0. The first-order chi connectivity index (χ1) is 15.0. The molecule has 3 aromatic rings. The zero-order chi connectivity index (χ0) is 21.8. The minimum absolute atomic E-state index is 0.0608. The molecule has 0 unspecified atom stereocenters. The highest BCUT2D eigenvalue weighted by Crippen LogP contribution is 2.35. The number of benzene rings is 3. The van der Waals surface area contributed by atoms with Crippen LogP contribution in [-0.2, 0) is 16.1 Å². The lowest BCUT2D eigenvalue weighted by Crippen LogP contribution is -2.44. The summed E-state index contributed by atoms with van der Waals surface area (Å²) in [6, 6.07) is 20.1. The maximum Gasteiger partial charge on any atom is 0.294 e. The molecule has 0 aliphatic carbocycles. The lowest BCUT2D eigenvalue weighted by Gasteiger charge is -2.30. The first-order valence-electron chi connectivity index (χ1n) is 9.57. The second kappa shape index (κ2) is 9.02. The molecule has 0 fully saturated rings. The molecule has 0 spiro atoms. The van der Waals surface area contributed by atoms with Crippen LogP contribution in [-0.4, -0.2) is 18.4 Å². The largest absolute Gasteiger partial charge is 0.449 e. The van der Waals surface area contributed by atoms with E-state index in [1.54, 1.807) is 54.6 Å². The number of nitrogens with zero attached hydrogens (tertiary/aromatic N) is 1. The highest BCUT2D eigenvalue weighted by atomic mass is 35.5. The van der Waals surface area contributed by atoms with Gasteiger partial charge >= 0.3 is 0 Å². The number of halogens is 2. The summed E-state index contributed by atoms with van der Waals surface area (Å²) in [6.45, 7) is 0.0928. The molecule has 5 nitrogen and oxygen atoms in total. The first-order valence-corrected chi connectivity index (χ1v) is 9.95. The number of nitrogens with one attached hydrogen (secondary N) is 1. The average Bonchev–Trinajstić information content (AvgIpc) is 2.77. The third-order valence-corrected chi connectivity index (χ3v) is 4.98. The molecule has 3 aromatic carbocycles. The Bertz CT molecular complexity index is 1160. The van der Waals surface area contributed by atoms with E-state index in [9.17, 15) is 14.0 Å². The number of carbonyl (C=O) groups is 2. The van der Waals surface area contributed by atoms with Crippen molar-refractivity contribution in [1.82, 2.24) is 5.32 Å². The minimum Gasteiger partial charge on any atom is -0.449 e. The van der Waals surface area contributed by atoms with Gasteiger partial charge in [-0.25, -0.2) is 4.39 Å². The fourth-order valence-electron chi connectivity index (χ4n) is 3.15. The van der Waals surface area contributed by atoms with Crippen LogP contribution >= 0.6 is 11.6 Å². The third-order valence-electron chi connectivity index (χ3n) is 4.73. The molecule has 7 heteroatoms. The third kappa shape index (κ3) is 4.75. The van der Waals surface area contributed by atoms with Gasteiger partial charge in [0.25, 0.3) is 5.91 Å². The molecule has 0 saturated carbocycles. The van der Waals surface area contributed by atoms with Crippen LogP contribution in [0.1, 0.15) is 11.1 Å². The van der Waals surface area contributed by atoms with Crippen LogP contribution in [0.5, 0.6) is 5.75 Å². The molecule has 1 heterocycles. The number of carbonyl (C=O) groups excluding carboxylic acids is 2. The predicted octanol–water partition coefficient (Wildman–Crippen LogP) is 4.56. The van der Waals surface area contributed by atoms with Gasteiger partial charge in [0.2, 0.25) is 5.91 Å². The highest BCUT2D eigenvalue weighted by molar-refractivity contribution is 6.30. The van der Waals surface area contributed by atoms with Crippen molar-refractivity contribution in [2.24, 2.45) is 0 Å². The van der Waals surface area contributed by atoms with Crippen LogP contribution in [0.4, 0.5) is 10.1 Å². The van der Waals surface area contributed by atoms with E-state index >= 15 is 0 Å². The van der Waals surface area contributed by atoms with Crippen LogP contribution in [0, 0.1) is 5.82 Å². The van der Waals surface area contributed by atoms with E-state index in [1.165, 1.54) is 17.0 Å². The Morgan fingerprint density at radius 3 is 2.52 bits per heavy atom. The van der Waals surface area contributed by atoms with Crippen molar-refractivity contribution in [3.05, 3.63) is 101 Å². The molecule has 1 aliphatic heterocycles. The summed E-state index contributed by atoms with van der Waals surface area (Å²) in [5, 5.41) is 3.41. The molecule has 0 saturated heterocycles. The zero-order valence-corrected chi connectivity index (χ0v) is 17.1. The molecular formula is C24H18ClFN2O3. The Morgan fingerprint density at radius 2 is 1.74 bits per heavy atom. The van der Waals surface area contributed by atoms with Crippen LogP contribution in [0.3, 0.4) is 0 Å². The average molecular weight is 437 g/mol. The van der Waals surface area contributed by atoms with Gasteiger partial charge in [-0.15, -0.1) is 0 Å². The second-order valence-corrected chi connectivity index (χ2v) is 7.33. The van der Waals surface area contributed by atoms with Gasteiger partial charge in [-0.05, 0) is 42.0 Å². The van der Waals surface area contributed by atoms with Crippen LogP contribution < -0.4 is 15.0 Å². The SMILES string of the molecule is O=C(CN1C(=O)/C(=C/c2ccccc2F)Oc2ccccc21)NCc1ccc(Cl)cc1. The quantitative estimate of drug-likeness (QED) is 0.596. The Kier molecular flexibility index (Phi) is 6.00. The van der Waals surface area contributed by atoms with Crippen molar-refractivity contribution in [2.45, 2.75) is 6.54 Å². The molecule has 4 rings (SSSR count). The van der Waals surface area contributed by atoms with Crippen LogP contribution in [0.2, 0.25) is 5.02 Å². The Labute approximate surface area is 183 Å². The van der Waals surface area contributed by atoms with Gasteiger partial charge in [-0.2, -0.15) is 0 Å². The van der Waals surface area contributed by atoms with E-state index in [0.29, 0.717) is 23.0 Å². The number of anilines is 1. The topological polar surface area (TPSA) is 58.6 Å². The molecule has 156 valence electrons. The fourth-order valence-corrected chi connectivity index (χ4v) is 3.28. The lowest BCUT2D eigenvalue weighted by molar-refractivity contribution is -0.123. The number of hydrogen-bond acceptors (Lipinski definition) is 3. The van der Waals surface area contributed by atoms with Gasteiger partial charge in [0.15, 0.2) is 11.5 Å². The van der Waals surface area contributed by atoms with E-state index < -0.39 is 11.7 Å². The number of fused-ring (bicyclic) bond motifs is 1. The number of hydrogen-bond donors (Lipinski definition) is 1. The molecule has 2 amide bonds. The summed E-state index contributed by atoms with van der Waals surface area (Å²) in [5.74, 6) is -0.990. The van der Waals surface area contributed by atoms with Crippen molar-refractivity contribution < 1.29 is 18.7 Å². The van der Waals surface area contributed by atoms with Crippen LogP contribution in [0.15, 0.2) is 78.6 Å². The van der Waals surface area contributed by atoms with Gasteiger partial charge < -0.3 is 10.1 Å². The molecule has 1 N–H and O–H groups in total. The molecular weight excluding hydrogens is 419 g/mol. The molecule has 31 heavy (non-hydrogen) atoms. The molecule has 0 radical (unpaired) electrons. The van der Waals surface area contributed by atoms with Gasteiger partial charge in [0.1, 0.15) is 12.4 Å². The van der Waals surface area contributed by atoms with E-state index in [0.717, 1.165) is 5.56 Å². The maximum atomic E-state index is 14.1. The fraction of sp³-hybridized carbons (Fsp3) is 0.0833. The molecule has 0 atom stereocenters. The maximum absolute atomic E-state index is 14.1. The predicted molar refractivity (Wildman–Crippen MR) is 117 cm³/mol.